The maximum Gasteiger partial charge on any atom is 0.305 e. The minimum Gasteiger partial charge on any atom is -0.466 e. The van der Waals surface area contributed by atoms with Crippen LogP contribution >= 0.6 is 0 Å². The summed E-state index contributed by atoms with van der Waals surface area (Å²) in [4.78, 5) is 12.1. The number of carbonyl (C=O) groups excluding carboxylic acids is 1. The molecular formula is C51H100O2. The molecule has 0 radical (unpaired) electrons. The van der Waals surface area contributed by atoms with Crippen molar-refractivity contribution in [3.8, 4) is 0 Å². The van der Waals surface area contributed by atoms with Gasteiger partial charge in [-0.15, -0.1) is 0 Å². The Labute approximate surface area is 336 Å². The fourth-order valence-electron chi connectivity index (χ4n) is 7.90. The van der Waals surface area contributed by atoms with Gasteiger partial charge in [-0.1, -0.05) is 270 Å². The fraction of sp³-hybridized carbons (Fsp3) is 0.941. The summed E-state index contributed by atoms with van der Waals surface area (Å²) >= 11 is 0. The first kappa shape index (κ1) is 52.2. The lowest BCUT2D eigenvalue weighted by Gasteiger charge is -2.06. The molecule has 316 valence electrons. The van der Waals surface area contributed by atoms with Crippen molar-refractivity contribution in [2.24, 2.45) is 0 Å². The molecular weight excluding hydrogens is 645 g/mol. The number of unbranched alkanes of at least 4 members (excludes halogenated alkanes) is 41. The molecule has 0 saturated carbocycles. The van der Waals surface area contributed by atoms with Crippen molar-refractivity contribution >= 4 is 5.97 Å². The maximum atomic E-state index is 12.1. The van der Waals surface area contributed by atoms with Gasteiger partial charge in [0.1, 0.15) is 0 Å². The van der Waals surface area contributed by atoms with Crippen molar-refractivity contribution in [2.45, 2.75) is 303 Å². The highest BCUT2D eigenvalue weighted by atomic mass is 16.5. The zero-order valence-electron chi connectivity index (χ0n) is 37.0. The van der Waals surface area contributed by atoms with E-state index in [1.807, 2.05) is 0 Å². The van der Waals surface area contributed by atoms with Crippen LogP contribution in [0.4, 0.5) is 0 Å². The van der Waals surface area contributed by atoms with Crippen molar-refractivity contribution in [2.75, 3.05) is 6.61 Å². The molecule has 0 aromatic rings. The molecule has 0 rings (SSSR count). The molecule has 0 saturated heterocycles. The van der Waals surface area contributed by atoms with Crippen LogP contribution in [0.5, 0.6) is 0 Å². The Morgan fingerprint density at radius 1 is 0.302 bits per heavy atom. The van der Waals surface area contributed by atoms with E-state index in [9.17, 15) is 4.79 Å². The zero-order valence-corrected chi connectivity index (χ0v) is 37.0. The second-order valence-electron chi connectivity index (χ2n) is 17.2. The highest BCUT2D eigenvalue weighted by Gasteiger charge is 2.03. The number of rotatable bonds is 47. The van der Waals surface area contributed by atoms with E-state index in [1.54, 1.807) is 0 Å². The average Bonchev–Trinajstić information content (AvgIpc) is 3.16. The predicted molar refractivity (Wildman–Crippen MR) is 239 cm³/mol. The largest absolute Gasteiger partial charge is 0.466 e. The quantitative estimate of drug-likeness (QED) is 0.0352. The third kappa shape index (κ3) is 49.2. The minimum atomic E-state index is 0.0302. The summed E-state index contributed by atoms with van der Waals surface area (Å²) < 4.78 is 5.50. The van der Waals surface area contributed by atoms with Gasteiger partial charge in [-0.25, -0.2) is 0 Å². The average molecular weight is 745 g/mol. The first-order valence-corrected chi connectivity index (χ1v) is 25.1. The second-order valence-corrected chi connectivity index (χ2v) is 17.2. The Hall–Kier alpha value is -0.790. The molecule has 0 unspecified atom stereocenters. The van der Waals surface area contributed by atoms with Gasteiger partial charge in [0, 0.05) is 6.42 Å². The van der Waals surface area contributed by atoms with Gasteiger partial charge >= 0.3 is 5.97 Å². The van der Waals surface area contributed by atoms with Crippen LogP contribution in [-0.4, -0.2) is 12.6 Å². The van der Waals surface area contributed by atoms with E-state index < -0.39 is 0 Å². The lowest BCUT2D eigenvalue weighted by Crippen LogP contribution is -2.05. The molecule has 0 aliphatic rings. The van der Waals surface area contributed by atoms with Crippen molar-refractivity contribution in [1.82, 2.24) is 0 Å². The molecule has 0 atom stereocenters. The third-order valence-corrected chi connectivity index (χ3v) is 11.7. The lowest BCUT2D eigenvalue weighted by molar-refractivity contribution is -0.143. The molecule has 2 nitrogen and oxygen atoms in total. The Morgan fingerprint density at radius 3 is 0.811 bits per heavy atom. The topological polar surface area (TPSA) is 26.3 Å². The summed E-state index contributed by atoms with van der Waals surface area (Å²) in [5.41, 5.74) is 0. The van der Waals surface area contributed by atoms with Crippen LogP contribution < -0.4 is 0 Å². The highest BCUT2D eigenvalue weighted by molar-refractivity contribution is 5.69. The predicted octanol–water partition coefficient (Wildman–Crippen LogP) is 18.7. The van der Waals surface area contributed by atoms with E-state index in [1.165, 1.54) is 270 Å². The zero-order chi connectivity index (χ0) is 38.2. The molecule has 0 aromatic heterocycles. The van der Waals surface area contributed by atoms with E-state index in [4.69, 9.17) is 4.74 Å². The van der Waals surface area contributed by atoms with Gasteiger partial charge in [0.15, 0.2) is 0 Å². The van der Waals surface area contributed by atoms with E-state index in [0.717, 1.165) is 12.8 Å². The molecule has 0 fully saturated rings. The first-order chi connectivity index (χ1) is 26.3. The van der Waals surface area contributed by atoms with Crippen molar-refractivity contribution in [3.05, 3.63) is 12.2 Å². The van der Waals surface area contributed by atoms with Crippen LogP contribution in [0.2, 0.25) is 0 Å². The van der Waals surface area contributed by atoms with Crippen LogP contribution in [0.3, 0.4) is 0 Å². The van der Waals surface area contributed by atoms with E-state index in [-0.39, 0.29) is 5.97 Å². The highest BCUT2D eigenvalue weighted by Crippen LogP contribution is 2.17. The monoisotopic (exact) mass is 745 g/mol. The molecule has 0 amide bonds. The Bertz CT molecular complexity index is 684. The summed E-state index contributed by atoms with van der Waals surface area (Å²) in [5, 5.41) is 0. The molecule has 0 aromatic carbocycles. The summed E-state index contributed by atoms with van der Waals surface area (Å²) in [5.74, 6) is 0.0302. The Kier molecular flexibility index (Phi) is 48.5. The first-order valence-electron chi connectivity index (χ1n) is 25.1. The van der Waals surface area contributed by atoms with Crippen LogP contribution in [0.25, 0.3) is 0 Å². The summed E-state index contributed by atoms with van der Waals surface area (Å²) in [7, 11) is 0. The molecule has 53 heavy (non-hydrogen) atoms. The summed E-state index contributed by atoms with van der Waals surface area (Å²) in [6.07, 6.45) is 66.4. The lowest BCUT2D eigenvalue weighted by atomic mass is 10.0. The molecule has 0 spiro atoms. The molecule has 0 heterocycles. The van der Waals surface area contributed by atoms with Gasteiger partial charge in [0.2, 0.25) is 0 Å². The van der Waals surface area contributed by atoms with E-state index in [0.29, 0.717) is 13.0 Å². The van der Waals surface area contributed by atoms with Gasteiger partial charge in [-0.3, -0.25) is 4.79 Å². The van der Waals surface area contributed by atoms with Gasteiger partial charge in [0.25, 0.3) is 0 Å². The smallest absolute Gasteiger partial charge is 0.305 e. The minimum absolute atomic E-state index is 0.0302. The third-order valence-electron chi connectivity index (χ3n) is 11.7. The van der Waals surface area contributed by atoms with Gasteiger partial charge in [-0.05, 0) is 38.5 Å². The van der Waals surface area contributed by atoms with Gasteiger partial charge in [-0.2, -0.15) is 0 Å². The SMILES string of the molecule is CCCCCCCCC=CCCCCCCCCCCCCCC(=O)OCCCCCCCCCCCCCCCCCCCCCCCCCCC. The normalized spacial score (nSPS) is 11.7. The number of ether oxygens (including phenoxy) is 1. The van der Waals surface area contributed by atoms with Gasteiger partial charge < -0.3 is 4.74 Å². The Balaban J connectivity index is 3.16. The maximum absolute atomic E-state index is 12.1. The molecule has 0 aliphatic heterocycles. The number of hydrogen-bond acceptors (Lipinski definition) is 2. The van der Waals surface area contributed by atoms with Crippen molar-refractivity contribution in [3.63, 3.8) is 0 Å². The van der Waals surface area contributed by atoms with Crippen LogP contribution in [-0.2, 0) is 9.53 Å². The standard InChI is InChI=1S/C51H100O2/c1-3-5-7-9-11-13-15-17-19-21-23-25-26-27-28-30-32-34-36-38-40-42-44-46-48-50-53-51(52)49-47-45-43-41-39-37-35-33-31-29-24-22-20-18-16-14-12-10-8-6-4-2/h18,20H,3-17,19,21-50H2,1-2H3. The number of esters is 1. The Morgan fingerprint density at radius 2 is 0.528 bits per heavy atom. The second kappa shape index (κ2) is 49.2. The van der Waals surface area contributed by atoms with Crippen LogP contribution in [0, 0.1) is 0 Å². The van der Waals surface area contributed by atoms with Crippen LogP contribution in [0.1, 0.15) is 303 Å². The molecule has 0 bridgehead atoms. The van der Waals surface area contributed by atoms with Crippen LogP contribution in [0.15, 0.2) is 12.2 Å². The van der Waals surface area contributed by atoms with E-state index in [2.05, 4.69) is 26.0 Å². The van der Waals surface area contributed by atoms with E-state index >= 15 is 0 Å². The molecule has 0 aliphatic carbocycles. The number of hydrogen-bond donors (Lipinski definition) is 0. The number of allylic oxidation sites excluding steroid dienone is 2. The molecule has 2 heteroatoms. The fourth-order valence-corrected chi connectivity index (χ4v) is 7.90. The summed E-state index contributed by atoms with van der Waals surface area (Å²) in [6.45, 7) is 5.23. The van der Waals surface area contributed by atoms with Gasteiger partial charge in [0.05, 0.1) is 6.61 Å². The summed E-state index contributed by atoms with van der Waals surface area (Å²) in [6, 6.07) is 0. The molecule has 0 N–H and O–H groups in total. The number of carbonyl (C=O) groups is 1. The van der Waals surface area contributed by atoms with Crippen molar-refractivity contribution < 1.29 is 9.53 Å². The van der Waals surface area contributed by atoms with Crippen molar-refractivity contribution in [1.29, 1.82) is 0 Å².